The zero-order chi connectivity index (χ0) is 13.7. The Kier molecular flexibility index (Phi) is 4.93. The lowest BCUT2D eigenvalue weighted by atomic mass is 10.3. The number of nitrogens with one attached hydrogen (secondary N) is 1. The van der Waals surface area contributed by atoms with Crippen LogP contribution in [0.5, 0.6) is 0 Å². The van der Waals surface area contributed by atoms with E-state index in [1.165, 1.54) is 12.8 Å². The van der Waals surface area contributed by atoms with E-state index in [-0.39, 0.29) is 0 Å². The lowest BCUT2D eigenvalue weighted by Crippen LogP contribution is -2.28. The largest absolute Gasteiger partial charge is 0.380 e. The maximum absolute atomic E-state index is 5.49. The molecule has 0 radical (unpaired) electrons. The summed E-state index contributed by atoms with van der Waals surface area (Å²) in [7, 11) is 0. The van der Waals surface area contributed by atoms with Crippen LogP contribution in [-0.4, -0.2) is 36.3 Å². The van der Waals surface area contributed by atoms with Gasteiger partial charge in [-0.2, -0.15) is 0 Å². The highest BCUT2D eigenvalue weighted by atomic mass is 16.5. The molecular weight excluding hydrogens is 242 g/mol. The molecular formula is C13H23N5O. The molecule has 2 rings (SSSR count). The van der Waals surface area contributed by atoms with E-state index in [1.54, 1.807) is 0 Å². The summed E-state index contributed by atoms with van der Waals surface area (Å²) in [6.07, 6.45) is 2.36. The molecule has 1 aromatic heterocycles. The van der Waals surface area contributed by atoms with Crippen molar-refractivity contribution in [1.29, 1.82) is 0 Å². The summed E-state index contributed by atoms with van der Waals surface area (Å²) in [6, 6.07) is 1.89. The Hall–Kier alpha value is -1.40. The van der Waals surface area contributed by atoms with Crippen molar-refractivity contribution in [3.05, 3.63) is 11.9 Å². The first kappa shape index (κ1) is 14.0. The number of hydrogen-bond donors (Lipinski definition) is 2. The number of hydrogen-bond acceptors (Lipinski definition) is 6. The van der Waals surface area contributed by atoms with Gasteiger partial charge in [0.05, 0.1) is 6.61 Å². The number of nitrogens with zero attached hydrogens (tertiary/aromatic N) is 3. The van der Waals surface area contributed by atoms with Crippen LogP contribution in [0.25, 0.3) is 0 Å². The molecule has 1 fully saturated rings. The zero-order valence-corrected chi connectivity index (χ0v) is 11.7. The smallest absolute Gasteiger partial charge is 0.145 e. The molecule has 6 nitrogen and oxygen atoms in total. The lowest BCUT2D eigenvalue weighted by molar-refractivity contribution is 0.154. The van der Waals surface area contributed by atoms with Gasteiger partial charge in [-0.3, -0.25) is 0 Å². The number of nitrogen functional groups attached to an aromatic ring is 1. The molecule has 1 heterocycles. The molecule has 0 spiro atoms. The van der Waals surface area contributed by atoms with Crippen LogP contribution in [0, 0.1) is 0 Å². The normalized spacial score (nSPS) is 14.5. The summed E-state index contributed by atoms with van der Waals surface area (Å²) in [5, 5.41) is 0. The van der Waals surface area contributed by atoms with Crippen molar-refractivity contribution >= 4 is 11.6 Å². The van der Waals surface area contributed by atoms with Crippen LogP contribution < -0.4 is 16.2 Å². The average molecular weight is 265 g/mol. The van der Waals surface area contributed by atoms with E-state index in [0.29, 0.717) is 18.3 Å². The summed E-state index contributed by atoms with van der Waals surface area (Å²) < 4.78 is 5.41. The SMILES string of the molecule is CCOCCN(CC)c1cc(NN)nc(C2CC2)n1. The summed E-state index contributed by atoms with van der Waals surface area (Å²) in [4.78, 5) is 11.3. The Morgan fingerprint density at radius 1 is 1.42 bits per heavy atom. The quantitative estimate of drug-likeness (QED) is 0.421. The highest BCUT2D eigenvalue weighted by Gasteiger charge is 2.27. The minimum Gasteiger partial charge on any atom is -0.380 e. The first-order valence-corrected chi connectivity index (χ1v) is 6.96. The zero-order valence-electron chi connectivity index (χ0n) is 11.7. The lowest BCUT2D eigenvalue weighted by Gasteiger charge is -2.22. The molecule has 1 aliphatic carbocycles. The molecule has 0 unspecified atom stereocenters. The van der Waals surface area contributed by atoms with Gasteiger partial charge in [0, 0.05) is 31.7 Å². The molecule has 0 saturated heterocycles. The topological polar surface area (TPSA) is 76.3 Å². The maximum atomic E-state index is 5.49. The number of rotatable bonds is 8. The first-order chi connectivity index (χ1) is 9.28. The number of likely N-dealkylation sites (N-methyl/N-ethyl adjacent to an activating group) is 1. The van der Waals surface area contributed by atoms with Crippen LogP contribution in [0.1, 0.15) is 38.4 Å². The van der Waals surface area contributed by atoms with Gasteiger partial charge >= 0.3 is 0 Å². The van der Waals surface area contributed by atoms with E-state index in [1.807, 2.05) is 13.0 Å². The van der Waals surface area contributed by atoms with Crippen LogP contribution in [0.4, 0.5) is 11.6 Å². The van der Waals surface area contributed by atoms with Crippen LogP contribution >= 0.6 is 0 Å². The third-order valence-electron chi connectivity index (χ3n) is 3.24. The van der Waals surface area contributed by atoms with Crippen LogP contribution in [0.2, 0.25) is 0 Å². The number of hydrazine groups is 1. The van der Waals surface area contributed by atoms with Gasteiger partial charge in [-0.05, 0) is 26.7 Å². The average Bonchev–Trinajstić information content (AvgIpc) is 3.27. The fraction of sp³-hybridized carbons (Fsp3) is 0.692. The molecule has 0 amide bonds. The fourth-order valence-corrected chi connectivity index (χ4v) is 1.97. The van der Waals surface area contributed by atoms with Gasteiger partial charge in [0.2, 0.25) is 0 Å². The molecule has 1 aliphatic rings. The van der Waals surface area contributed by atoms with Crippen molar-refractivity contribution in [2.75, 3.05) is 36.6 Å². The summed E-state index contributed by atoms with van der Waals surface area (Å²) in [5.41, 5.74) is 2.63. The van der Waals surface area contributed by atoms with E-state index in [2.05, 4.69) is 27.2 Å². The van der Waals surface area contributed by atoms with Gasteiger partial charge in [-0.1, -0.05) is 0 Å². The van der Waals surface area contributed by atoms with Crippen molar-refractivity contribution < 1.29 is 4.74 Å². The molecule has 0 aliphatic heterocycles. The molecule has 1 aromatic rings. The van der Waals surface area contributed by atoms with Crippen molar-refractivity contribution in [2.24, 2.45) is 5.84 Å². The van der Waals surface area contributed by atoms with Crippen molar-refractivity contribution in [3.8, 4) is 0 Å². The molecule has 19 heavy (non-hydrogen) atoms. The molecule has 106 valence electrons. The van der Waals surface area contributed by atoms with Gasteiger partial charge in [-0.25, -0.2) is 15.8 Å². The summed E-state index contributed by atoms with van der Waals surface area (Å²) in [5.74, 6) is 8.51. The first-order valence-electron chi connectivity index (χ1n) is 6.96. The molecule has 6 heteroatoms. The Morgan fingerprint density at radius 3 is 2.79 bits per heavy atom. The monoisotopic (exact) mass is 265 g/mol. The fourth-order valence-electron chi connectivity index (χ4n) is 1.97. The molecule has 1 saturated carbocycles. The Balaban J connectivity index is 2.13. The molecule has 3 N–H and O–H groups in total. The third-order valence-corrected chi connectivity index (χ3v) is 3.24. The van der Waals surface area contributed by atoms with E-state index in [9.17, 15) is 0 Å². The second-order valence-corrected chi connectivity index (χ2v) is 4.66. The second kappa shape index (κ2) is 6.68. The Labute approximate surface area is 114 Å². The van der Waals surface area contributed by atoms with E-state index in [4.69, 9.17) is 10.6 Å². The van der Waals surface area contributed by atoms with Crippen LogP contribution in [0.15, 0.2) is 6.07 Å². The van der Waals surface area contributed by atoms with E-state index < -0.39 is 0 Å². The van der Waals surface area contributed by atoms with Crippen LogP contribution in [0.3, 0.4) is 0 Å². The highest BCUT2D eigenvalue weighted by Crippen LogP contribution is 2.39. The van der Waals surface area contributed by atoms with Gasteiger partial charge in [-0.15, -0.1) is 0 Å². The number of aromatic nitrogens is 2. The molecule has 0 aromatic carbocycles. The maximum Gasteiger partial charge on any atom is 0.145 e. The van der Waals surface area contributed by atoms with Gasteiger partial charge in [0.15, 0.2) is 0 Å². The second-order valence-electron chi connectivity index (χ2n) is 4.66. The number of anilines is 2. The Morgan fingerprint density at radius 2 is 2.21 bits per heavy atom. The molecule has 0 atom stereocenters. The highest BCUT2D eigenvalue weighted by molar-refractivity contribution is 5.49. The van der Waals surface area contributed by atoms with E-state index >= 15 is 0 Å². The Bertz CT molecular complexity index is 408. The number of nitrogens with two attached hydrogens (primary N) is 1. The van der Waals surface area contributed by atoms with Gasteiger partial charge in [0.25, 0.3) is 0 Å². The summed E-state index contributed by atoms with van der Waals surface area (Å²) in [6.45, 7) is 7.28. The van der Waals surface area contributed by atoms with Gasteiger partial charge in [0.1, 0.15) is 17.5 Å². The van der Waals surface area contributed by atoms with Gasteiger partial charge < -0.3 is 15.1 Å². The minimum absolute atomic E-state index is 0.512. The molecule has 0 bridgehead atoms. The predicted molar refractivity (Wildman–Crippen MR) is 76.2 cm³/mol. The third kappa shape index (κ3) is 3.78. The minimum atomic E-state index is 0.512. The van der Waals surface area contributed by atoms with Crippen molar-refractivity contribution in [2.45, 2.75) is 32.6 Å². The summed E-state index contributed by atoms with van der Waals surface area (Å²) >= 11 is 0. The van der Waals surface area contributed by atoms with Crippen LogP contribution in [-0.2, 0) is 4.74 Å². The number of ether oxygens (including phenoxy) is 1. The predicted octanol–water partition coefficient (Wildman–Crippen LogP) is 1.50. The van der Waals surface area contributed by atoms with Crippen molar-refractivity contribution in [1.82, 2.24) is 9.97 Å². The van der Waals surface area contributed by atoms with E-state index in [0.717, 1.165) is 31.3 Å². The van der Waals surface area contributed by atoms with Crippen molar-refractivity contribution in [3.63, 3.8) is 0 Å². The standard InChI is InChI=1S/C13H23N5O/c1-3-18(7-8-19-4-2)12-9-11(17-14)15-13(16-12)10-5-6-10/h9-10H,3-8,14H2,1-2H3,(H,15,16,17).